The van der Waals surface area contributed by atoms with E-state index < -0.39 is 0 Å². The van der Waals surface area contributed by atoms with Gasteiger partial charge in [0.2, 0.25) is 5.91 Å². The van der Waals surface area contributed by atoms with Crippen molar-refractivity contribution in [1.29, 1.82) is 0 Å². The number of rotatable bonds is 11. The van der Waals surface area contributed by atoms with Gasteiger partial charge in [-0.25, -0.2) is 4.98 Å². The number of thioether (sulfide) groups is 1. The molecule has 0 bridgehead atoms. The van der Waals surface area contributed by atoms with Crippen LogP contribution in [0.4, 0.5) is 5.13 Å². The zero-order valence-electron chi connectivity index (χ0n) is 20.6. The number of hydrogen-bond donors (Lipinski definition) is 1. The van der Waals surface area contributed by atoms with Crippen molar-refractivity contribution < 1.29 is 9.53 Å². The molecule has 186 valence electrons. The fourth-order valence-corrected chi connectivity index (χ4v) is 5.16. The maximum atomic E-state index is 12.6. The lowest BCUT2D eigenvalue weighted by molar-refractivity contribution is -0.113. The van der Waals surface area contributed by atoms with Gasteiger partial charge in [0.05, 0.1) is 11.4 Å². The maximum absolute atomic E-state index is 12.6. The van der Waals surface area contributed by atoms with E-state index in [1.165, 1.54) is 28.7 Å². The average molecular weight is 520 g/mol. The fourth-order valence-electron chi connectivity index (χ4n) is 3.54. The van der Waals surface area contributed by atoms with Crippen molar-refractivity contribution in [3.8, 4) is 17.0 Å². The highest BCUT2D eigenvalue weighted by Crippen LogP contribution is 2.30. The van der Waals surface area contributed by atoms with Crippen LogP contribution in [-0.2, 0) is 17.9 Å². The number of hydrogen-bond acceptors (Lipinski definition) is 7. The van der Waals surface area contributed by atoms with E-state index in [0.717, 1.165) is 21.9 Å². The van der Waals surface area contributed by atoms with Crippen LogP contribution in [0.3, 0.4) is 0 Å². The summed E-state index contributed by atoms with van der Waals surface area (Å²) in [4.78, 5) is 18.3. The number of aromatic nitrogens is 4. The van der Waals surface area contributed by atoms with Gasteiger partial charge in [-0.15, -0.1) is 28.1 Å². The summed E-state index contributed by atoms with van der Waals surface area (Å²) < 4.78 is 7.84. The molecule has 4 rings (SSSR count). The van der Waals surface area contributed by atoms with E-state index >= 15 is 0 Å². The number of benzene rings is 2. The topological polar surface area (TPSA) is 81.9 Å². The minimum atomic E-state index is -0.149. The normalized spacial score (nSPS) is 11.0. The minimum absolute atomic E-state index is 0.149. The molecule has 36 heavy (non-hydrogen) atoms. The molecular formula is C27H29N5O2S2. The first-order valence-corrected chi connectivity index (χ1v) is 13.5. The summed E-state index contributed by atoms with van der Waals surface area (Å²) in [6.07, 6.45) is 1.78. The van der Waals surface area contributed by atoms with Crippen LogP contribution in [0.2, 0.25) is 0 Å². The predicted octanol–water partition coefficient (Wildman–Crippen LogP) is 6.33. The van der Waals surface area contributed by atoms with Crippen LogP contribution in [0, 0.1) is 6.92 Å². The summed E-state index contributed by atoms with van der Waals surface area (Å²) in [5, 5.41) is 12.7. The summed E-state index contributed by atoms with van der Waals surface area (Å²) >= 11 is 2.79. The molecule has 9 heteroatoms. The van der Waals surface area contributed by atoms with Crippen LogP contribution in [0.15, 0.2) is 72.4 Å². The minimum Gasteiger partial charge on any atom is -0.486 e. The molecule has 1 amide bonds. The van der Waals surface area contributed by atoms with Crippen LogP contribution in [-0.4, -0.2) is 31.4 Å². The van der Waals surface area contributed by atoms with Crippen molar-refractivity contribution in [2.24, 2.45) is 0 Å². The molecule has 1 N–H and O–H groups in total. The van der Waals surface area contributed by atoms with Crippen molar-refractivity contribution in [3.05, 3.63) is 83.5 Å². The number of thiazole rings is 1. The lowest BCUT2D eigenvalue weighted by Crippen LogP contribution is -2.15. The molecule has 2 aromatic heterocycles. The summed E-state index contributed by atoms with van der Waals surface area (Å²) in [6, 6.07) is 18.0. The lowest BCUT2D eigenvalue weighted by atomic mass is 10.0. The zero-order valence-corrected chi connectivity index (χ0v) is 22.2. The van der Waals surface area contributed by atoms with Gasteiger partial charge >= 0.3 is 0 Å². The highest BCUT2D eigenvalue weighted by atomic mass is 32.2. The number of carbonyl (C=O) groups excluding carboxylic acids is 1. The number of amides is 1. The summed E-state index contributed by atoms with van der Waals surface area (Å²) in [7, 11) is 0. The van der Waals surface area contributed by atoms with Gasteiger partial charge in [-0.2, -0.15) is 0 Å². The van der Waals surface area contributed by atoms with Crippen LogP contribution in [0.1, 0.15) is 36.0 Å². The number of aryl methyl sites for hydroxylation is 1. The van der Waals surface area contributed by atoms with E-state index in [0.29, 0.717) is 28.6 Å². The molecule has 0 atom stereocenters. The lowest BCUT2D eigenvalue weighted by Gasteiger charge is -2.10. The molecule has 0 aliphatic carbocycles. The Labute approximate surface area is 219 Å². The number of ether oxygens (including phenoxy) is 1. The van der Waals surface area contributed by atoms with Gasteiger partial charge in [-0.1, -0.05) is 74.1 Å². The van der Waals surface area contributed by atoms with Gasteiger partial charge < -0.3 is 10.1 Å². The van der Waals surface area contributed by atoms with Crippen molar-refractivity contribution in [3.63, 3.8) is 0 Å². The molecule has 0 fully saturated rings. The molecule has 0 radical (unpaired) electrons. The molecule has 0 unspecified atom stereocenters. The van der Waals surface area contributed by atoms with Gasteiger partial charge in [0, 0.05) is 17.0 Å². The largest absolute Gasteiger partial charge is 0.486 e. The Morgan fingerprint density at radius 1 is 1.17 bits per heavy atom. The highest BCUT2D eigenvalue weighted by Gasteiger charge is 2.16. The van der Waals surface area contributed by atoms with Crippen LogP contribution in [0.5, 0.6) is 5.75 Å². The summed E-state index contributed by atoms with van der Waals surface area (Å²) in [5.41, 5.74) is 3.18. The first kappa shape index (κ1) is 25.7. The van der Waals surface area contributed by atoms with Gasteiger partial charge in [0.25, 0.3) is 0 Å². The van der Waals surface area contributed by atoms with Gasteiger partial charge in [-0.3, -0.25) is 9.36 Å². The number of anilines is 1. The Morgan fingerprint density at radius 3 is 2.61 bits per heavy atom. The second kappa shape index (κ2) is 12.0. The van der Waals surface area contributed by atoms with Gasteiger partial charge in [0.1, 0.15) is 12.4 Å². The van der Waals surface area contributed by atoms with E-state index in [2.05, 4.69) is 53.1 Å². The third-order valence-corrected chi connectivity index (χ3v) is 7.30. The first-order chi connectivity index (χ1) is 17.4. The third kappa shape index (κ3) is 6.41. The Balaban J connectivity index is 1.36. The summed E-state index contributed by atoms with van der Waals surface area (Å²) in [5.74, 6) is 1.96. The Kier molecular flexibility index (Phi) is 8.56. The molecule has 2 heterocycles. The SMILES string of the molecule is C=CCn1c(COc2ccc(C(C)C)cc2)nnc1SCC(=O)Nc1nc(-c2ccccc2)c(C)s1. The van der Waals surface area contributed by atoms with Crippen molar-refractivity contribution in [2.45, 2.75) is 45.0 Å². The third-order valence-electron chi connectivity index (χ3n) is 5.44. The Hall–Kier alpha value is -3.43. The maximum Gasteiger partial charge on any atom is 0.236 e. The van der Waals surface area contributed by atoms with Gasteiger partial charge in [0.15, 0.2) is 16.1 Å². The molecular weight excluding hydrogens is 490 g/mol. The van der Waals surface area contributed by atoms with E-state index in [9.17, 15) is 4.79 Å². The number of nitrogens with zero attached hydrogens (tertiary/aromatic N) is 4. The average Bonchev–Trinajstić information content (AvgIpc) is 3.44. The predicted molar refractivity (Wildman–Crippen MR) is 147 cm³/mol. The first-order valence-electron chi connectivity index (χ1n) is 11.7. The summed E-state index contributed by atoms with van der Waals surface area (Å²) in [6.45, 7) is 11.0. The molecule has 7 nitrogen and oxygen atoms in total. The zero-order chi connectivity index (χ0) is 25.5. The Morgan fingerprint density at radius 2 is 1.92 bits per heavy atom. The van der Waals surface area contributed by atoms with Crippen LogP contribution >= 0.6 is 23.1 Å². The second-order valence-electron chi connectivity index (χ2n) is 8.44. The van der Waals surface area contributed by atoms with Gasteiger partial charge in [-0.05, 0) is 30.5 Å². The molecule has 0 saturated heterocycles. The number of allylic oxidation sites excluding steroid dienone is 1. The van der Waals surface area contributed by atoms with E-state index in [4.69, 9.17) is 4.74 Å². The van der Waals surface area contributed by atoms with Crippen LogP contribution < -0.4 is 10.1 Å². The van der Waals surface area contributed by atoms with Crippen molar-refractivity contribution >= 4 is 34.1 Å². The molecule has 2 aromatic carbocycles. The highest BCUT2D eigenvalue weighted by molar-refractivity contribution is 7.99. The standard InChI is InChI=1S/C27H29N5O2S2/c1-5-15-32-23(16-34-22-13-11-20(12-14-22)18(2)3)30-31-27(32)35-17-24(33)28-26-29-25(19(4)36-26)21-9-7-6-8-10-21/h5-14,18H,1,15-17H2,2-4H3,(H,28,29,33). The molecule has 0 aliphatic rings. The van der Waals surface area contributed by atoms with E-state index in [1.807, 2.05) is 54.0 Å². The number of nitrogens with one attached hydrogen (secondary N) is 1. The van der Waals surface area contributed by atoms with E-state index in [-0.39, 0.29) is 18.3 Å². The smallest absolute Gasteiger partial charge is 0.236 e. The van der Waals surface area contributed by atoms with Crippen LogP contribution in [0.25, 0.3) is 11.3 Å². The molecule has 4 aromatic rings. The number of carbonyl (C=O) groups is 1. The fraction of sp³-hybridized carbons (Fsp3) is 0.259. The molecule has 0 saturated carbocycles. The van der Waals surface area contributed by atoms with E-state index in [1.54, 1.807) is 6.08 Å². The molecule has 0 spiro atoms. The van der Waals surface area contributed by atoms with Crippen molar-refractivity contribution in [1.82, 2.24) is 19.7 Å². The monoisotopic (exact) mass is 519 g/mol. The quantitative estimate of drug-likeness (QED) is 0.184. The molecule has 0 aliphatic heterocycles. The van der Waals surface area contributed by atoms with Crippen molar-refractivity contribution in [2.75, 3.05) is 11.1 Å². The second-order valence-corrected chi connectivity index (χ2v) is 10.6. The Bertz CT molecular complexity index is 1310.